The molecule has 0 aromatic carbocycles. The van der Waals surface area contributed by atoms with E-state index in [0.29, 0.717) is 12.4 Å². The molecule has 2 heterocycles. The van der Waals surface area contributed by atoms with Crippen molar-refractivity contribution in [2.24, 2.45) is 11.3 Å². The number of aryl methyl sites for hydroxylation is 1. The number of nitrogens with zero attached hydrogens (tertiary/aromatic N) is 2. The number of ether oxygens (including phenoxy) is 1. The van der Waals surface area contributed by atoms with Gasteiger partial charge < -0.3 is 14.6 Å². The van der Waals surface area contributed by atoms with Gasteiger partial charge in [-0.15, -0.1) is 0 Å². The van der Waals surface area contributed by atoms with Crippen molar-refractivity contribution in [1.29, 1.82) is 0 Å². The molecule has 1 aromatic heterocycles. The number of piperidine rings is 1. The van der Waals surface area contributed by atoms with Crippen LogP contribution in [-0.2, 0) is 11.2 Å². The van der Waals surface area contributed by atoms with Crippen LogP contribution in [0.25, 0.3) is 0 Å². The van der Waals surface area contributed by atoms with E-state index in [1.165, 1.54) is 12.8 Å². The molecule has 0 aliphatic carbocycles. The highest BCUT2D eigenvalue weighted by atomic mass is 16.5. The normalized spacial score (nSPS) is 18.9. The standard InChI is InChI=1S/C16H29N3O2/c1-5-20-14(16(2,3)4)15-18-13(21-19-15)7-6-12-8-10-17-11-9-12/h12,14,17H,5-11H2,1-4H3. The van der Waals surface area contributed by atoms with E-state index in [1.807, 2.05) is 6.92 Å². The molecule has 120 valence electrons. The van der Waals surface area contributed by atoms with Crippen LogP contribution in [-0.4, -0.2) is 29.8 Å². The summed E-state index contributed by atoms with van der Waals surface area (Å²) < 4.78 is 11.2. The van der Waals surface area contributed by atoms with Crippen LogP contribution in [0.5, 0.6) is 0 Å². The largest absolute Gasteiger partial charge is 0.370 e. The summed E-state index contributed by atoms with van der Waals surface area (Å²) in [6.07, 6.45) is 4.41. The van der Waals surface area contributed by atoms with E-state index in [-0.39, 0.29) is 11.5 Å². The van der Waals surface area contributed by atoms with E-state index in [0.717, 1.165) is 37.7 Å². The van der Waals surface area contributed by atoms with Crippen LogP contribution >= 0.6 is 0 Å². The molecule has 0 bridgehead atoms. The zero-order chi connectivity index (χ0) is 15.3. The van der Waals surface area contributed by atoms with Crippen LogP contribution < -0.4 is 5.32 Å². The van der Waals surface area contributed by atoms with Gasteiger partial charge in [0.15, 0.2) is 0 Å². The van der Waals surface area contributed by atoms with Crippen LogP contribution in [0.4, 0.5) is 0 Å². The van der Waals surface area contributed by atoms with Gasteiger partial charge in [-0.2, -0.15) is 4.98 Å². The maximum atomic E-state index is 5.81. The third kappa shape index (κ3) is 4.78. The van der Waals surface area contributed by atoms with Crippen LogP contribution in [0, 0.1) is 11.3 Å². The summed E-state index contributed by atoms with van der Waals surface area (Å²) in [5, 5.41) is 7.54. The SMILES string of the molecule is CCOC(c1noc(CCC2CCNCC2)n1)C(C)(C)C. The molecule has 1 fully saturated rings. The highest BCUT2D eigenvalue weighted by Crippen LogP contribution is 2.34. The van der Waals surface area contributed by atoms with E-state index in [4.69, 9.17) is 9.26 Å². The van der Waals surface area contributed by atoms with Crippen molar-refractivity contribution in [1.82, 2.24) is 15.5 Å². The predicted molar refractivity (Wildman–Crippen MR) is 82.0 cm³/mol. The number of rotatable bonds is 6. The van der Waals surface area contributed by atoms with Crippen LogP contribution in [0.15, 0.2) is 4.52 Å². The van der Waals surface area contributed by atoms with Crippen LogP contribution in [0.3, 0.4) is 0 Å². The van der Waals surface area contributed by atoms with Gasteiger partial charge in [-0.3, -0.25) is 0 Å². The zero-order valence-corrected chi connectivity index (χ0v) is 13.8. The minimum absolute atomic E-state index is 0.0355. The lowest BCUT2D eigenvalue weighted by molar-refractivity contribution is -0.0203. The second kappa shape index (κ2) is 7.36. The van der Waals surface area contributed by atoms with Crippen molar-refractivity contribution >= 4 is 0 Å². The number of aromatic nitrogens is 2. The average molecular weight is 295 g/mol. The first-order valence-corrected chi connectivity index (χ1v) is 8.15. The molecule has 1 unspecified atom stereocenters. The van der Waals surface area contributed by atoms with E-state index in [1.54, 1.807) is 0 Å². The van der Waals surface area contributed by atoms with Gasteiger partial charge in [0.1, 0.15) is 6.10 Å². The van der Waals surface area contributed by atoms with Crippen molar-refractivity contribution in [2.75, 3.05) is 19.7 Å². The van der Waals surface area contributed by atoms with Gasteiger partial charge in [0.05, 0.1) is 0 Å². The van der Waals surface area contributed by atoms with Crippen LogP contribution in [0.1, 0.15) is 64.8 Å². The lowest BCUT2D eigenvalue weighted by atomic mass is 9.88. The van der Waals surface area contributed by atoms with Gasteiger partial charge >= 0.3 is 0 Å². The molecule has 1 saturated heterocycles. The Hall–Kier alpha value is -0.940. The molecule has 1 aliphatic heterocycles. The fourth-order valence-corrected chi connectivity index (χ4v) is 2.85. The number of hydrogen-bond donors (Lipinski definition) is 1. The van der Waals surface area contributed by atoms with Gasteiger partial charge in [-0.1, -0.05) is 25.9 Å². The van der Waals surface area contributed by atoms with Crippen molar-refractivity contribution < 1.29 is 9.26 Å². The molecule has 1 atom stereocenters. The lowest BCUT2D eigenvalue weighted by Gasteiger charge is -2.27. The van der Waals surface area contributed by atoms with E-state index < -0.39 is 0 Å². The Balaban J connectivity index is 1.93. The minimum atomic E-state index is -0.112. The highest BCUT2D eigenvalue weighted by molar-refractivity contribution is 4.96. The molecule has 0 radical (unpaired) electrons. The Morgan fingerprint density at radius 1 is 1.33 bits per heavy atom. The Labute approximate surface area is 127 Å². The Kier molecular flexibility index (Phi) is 5.76. The summed E-state index contributed by atoms with van der Waals surface area (Å²) in [6, 6.07) is 0. The van der Waals surface area contributed by atoms with Gasteiger partial charge in [0, 0.05) is 13.0 Å². The fourth-order valence-electron chi connectivity index (χ4n) is 2.85. The summed E-state index contributed by atoms with van der Waals surface area (Å²) in [7, 11) is 0. The minimum Gasteiger partial charge on any atom is -0.370 e. The molecule has 5 heteroatoms. The first-order chi connectivity index (χ1) is 10.0. The Morgan fingerprint density at radius 2 is 2.05 bits per heavy atom. The maximum Gasteiger partial charge on any atom is 0.226 e. The third-order valence-corrected chi connectivity index (χ3v) is 4.06. The van der Waals surface area contributed by atoms with Gasteiger partial charge in [-0.25, -0.2) is 0 Å². The molecule has 1 aromatic rings. The summed E-state index contributed by atoms with van der Waals surface area (Å²) >= 11 is 0. The zero-order valence-electron chi connectivity index (χ0n) is 13.8. The van der Waals surface area contributed by atoms with Crippen molar-refractivity contribution in [2.45, 2.75) is 59.5 Å². The van der Waals surface area contributed by atoms with E-state index in [2.05, 4.69) is 36.2 Å². The predicted octanol–water partition coefficient (Wildman–Crippen LogP) is 3.13. The number of nitrogens with one attached hydrogen (secondary N) is 1. The molecule has 0 saturated carbocycles. The number of hydrogen-bond acceptors (Lipinski definition) is 5. The van der Waals surface area contributed by atoms with Gasteiger partial charge in [-0.05, 0) is 50.6 Å². The van der Waals surface area contributed by atoms with Crippen molar-refractivity contribution in [3.63, 3.8) is 0 Å². The van der Waals surface area contributed by atoms with Gasteiger partial charge in [0.25, 0.3) is 0 Å². The highest BCUT2D eigenvalue weighted by Gasteiger charge is 2.31. The molecular weight excluding hydrogens is 266 g/mol. The monoisotopic (exact) mass is 295 g/mol. The van der Waals surface area contributed by atoms with E-state index >= 15 is 0 Å². The third-order valence-electron chi connectivity index (χ3n) is 4.06. The quantitative estimate of drug-likeness (QED) is 0.873. The summed E-state index contributed by atoms with van der Waals surface area (Å²) in [4.78, 5) is 4.56. The Morgan fingerprint density at radius 3 is 2.67 bits per heavy atom. The van der Waals surface area contributed by atoms with Gasteiger partial charge in [0.2, 0.25) is 11.7 Å². The fraction of sp³-hybridized carbons (Fsp3) is 0.875. The average Bonchev–Trinajstić information content (AvgIpc) is 2.91. The molecular formula is C16H29N3O2. The van der Waals surface area contributed by atoms with Crippen LogP contribution in [0.2, 0.25) is 0 Å². The topological polar surface area (TPSA) is 60.2 Å². The smallest absolute Gasteiger partial charge is 0.226 e. The van der Waals surface area contributed by atoms with Crippen molar-refractivity contribution in [3.8, 4) is 0 Å². The second-order valence-corrected chi connectivity index (χ2v) is 6.98. The molecule has 0 spiro atoms. The molecule has 1 aliphatic rings. The second-order valence-electron chi connectivity index (χ2n) is 6.98. The first kappa shape index (κ1) is 16.4. The maximum absolute atomic E-state index is 5.81. The summed E-state index contributed by atoms with van der Waals surface area (Å²) in [5.41, 5.74) is -0.0355. The summed E-state index contributed by atoms with van der Waals surface area (Å²) in [5.74, 6) is 2.22. The lowest BCUT2D eigenvalue weighted by Crippen LogP contribution is -2.27. The molecule has 0 amide bonds. The molecule has 5 nitrogen and oxygen atoms in total. The molecule has 2 rings (SSSR count). The Bertz CT molecular complexity index is 419. The van der Waals surface area contributed by atoms with Crippen molar-refractivity contribution in [3.05, 3.63) is 11.7 Å². The van der Waals surface area contributed by atoms with E-state index in [9.17, 15) is 0 Å². The first-order valence-electron chi connectivity index (χ1n) is 8.15. The molecule has 21 heavy (non-hydrogen) atoms. The molecule has 1 N–H and O–H groups in total. The summed E-state index contributed by atoms with van der Waals surface area (Å²) in [6.45, 7) is 11.3.